The molecule has 0 aliphatic carbocycles. The predicted molar refractivity (Wildman–Crippen MR) is 97.2 cm³/mol. The largest absolute Gasteiger partial charge is 0.383 e. The second-order valence-electron chi connectivity index (χ2n) is 6.93. The van der Waals surface area contributed by atoms with Crippen molar-refractivity contribution in [1.82, 2.24) is 19.7 Å². The molecule has 0 aromatic carbocycles. The van der Waals surface area contributed by atoms with Crippen LogP contribution in [0.3, 0.4) is 0 Å². The molecule has 7 heteroatoms. The first kappa shape index (κ1) is 16.4. The summed E-state index contributed by atoms with van der Waals surface area (Å²) in [5.41, 5.74) is 11.3. The van der Waals surface area contributed by atoms with Gasteiger partial charge < -0.3 is 5.73 Å². The van der Waals surface area contributed by atoms with Gasteiger partial charge in [-0.15, -0.1) is 0 Å². The van der Waals surface area contributed by atoms with Crippen LogP contribution in [0.4, 0.5) is 5.82 Å². The van der Waals surface area contributed by atoms with Gasteiger partial charge >= 0.3 is 0 Å². The maximum atomic E-state index is 9.80. The Morgan fingerprint density at radius 2 is 2.08 bits per heavy atom. The van der Waals surface area contributed by atoms with Gasteiger partial charge in [-0.05, 0) is 26.3 Å². The highest BCUT2D eigenvalue weighted by atomic mass is 35.5. The summed E-state index contributed by atoms with van der Waals surface area (Å²) in [5, 5.41) is 14.9. The van der Waals surface area contributed by atoms with Gasteiger partial charge in [0.15, 0.2) is 0 Å². The minimum absolute atomic E-state index is 0.255. The fourth-order valence-electron chi connectivity index (χ4n) is 4.44. The topological polar surface area (TPSA) is 83.8 Å². The Labute approximate surface area is 152 Å². The van der Waals surface area contributed by atoms with Crippen molar-refractivity contribution >= 4 is 17.4 Å². The van der Waals surface area contributed by atoms with Gasteiger partial charge in [0.25, 0.3) is 0 Å². The molecule has 0 radical (unpaired) electrons. The normalized spacial score (nSPS) is 22.0. The molecule has 2 atom stereocenters. The number of nitrogen functional groups attached to an aromatic ring is 1. The molecular weight excluding hydrogens is 336 g/mol. The summed E-state index contributed by atoms with van der Waals surface area (Å²) in [6, 6.07) is 3.03. The zero-order valence-electron chi connectivity index (χ0n) is 14.7. The molecule has 2 N–H and O–H groups in total. The molecule has 0 saturated carbocycles. The summed E-state index contributed by atoms with van der Waals surface area (Å²) in [7, 11) is 3.98. The van der Waals surface area contributed by atoms with Crippen molar-refractivity contribution in [2.75, 3.05) is 12.8 Å². The SMILES string of the molecule is CCc1nn(C)c(Cl)c1-c1c(C#N)c(N)nc2c1[C@@H]1CC[C@H](C2)N1C. The average Bonchev–Trinajstić information content (AvgIpc) is 2.99. The van der Waals surface area contributed by atoms with Gasteiger partial charge in [-0.1, -0.05) is 18.5 Å². The molecule has 0 amide bonds. The zero-order chi connectivity index (χ0) is 17.9. The van der Waals surface area contributed by atoms with Crippen LogP contribution in [-0.4, -0.2) is 32.8 Å². The van der Waals surface area contributed by atoms with Crippen molar-refractivity contribution in [2.45, 2.75) is 44.7 Å². The van der Waals surface area contributed by atoms with Gasteiger partial charge in [0.05, 0.1) is 5.69 Å². The molecule has 2 aromatic rings. The number of nitrogens with zero attached hydrogens (tertiary/aromatic N) is 5. The lowest BCUT2D eigenvalue weighted by molar-refractivity contribution is 0.222. The number of anilines is 1. The van der Waals surface area contributed by atoms with Crippen LogP contribution in [0, 0.1) is 11.3 Å². The molecule has 0 unspecified atom stereocenters. The van der Waals surface area contributed by atoms with Gasteiger partial charge in [0.1, 0.15) is 22.6 Å². The van der Waals surface area contributed by atoms with Crippen molar-refractivity contribution in [2.24, 2.45) is 7.05 Å². The molecule has 1 fully saturated rings. The number of likely N-dealkylation sites (N-methyl/N-ethyl adjacent to an activating group) is 1. The highest BCUT2D eigenvalue weighted by Gasteiger charge is 2.41. The van der Waals surface area contributed by atoms with E-state index in [-0.39, 0.29) is 6.04 Å². The Balaban J connectivity index is 2.10. The number of hydrogen-bond donors (Lipinski definition) is 1. The van der Waals surface area contributed by atoms with Crippen LogP contribution in [0.25, 0.3) is 11.1 Å². The quantitative estimate of drug-likeness (QED) is 0.894. The van der Waals surface area contributed by atoms with Crippen LogP contribution in [0.1, 0.15) is 48.3 Å². The highest BCUT2D eigenvalue weighted by molar-refractivity contribution is 6.32. The number of rotatable bonds is 2. The summed E-state index contributed by atoms with van der Waals surface area (Å²) in [6.07, 6.45) is 3.81. The number of halogens is 1. The lowest BCUT2D eigenvalue weighted by Crippen LogP contribution is -2.35. The molecule has 25 heavy (non-hydrogen) atoms. The smallest absolute Gasteiger partial charge is 0.142 e. The van der Waals surface area contributed by atoms with E-state index in [1.807, 2.05) is 14.0 Å². The first-order chi connectivity index (χ1) is 12.0. The molecule has 2 aliphatic heterocycles. The molecule has 4 rings (SSSR count). The molecule has 4 heterocycles. The van der Waals surface area contributed by atoms with E-state index in [1.165, 1.54) is 0 Å². The van der Waals surface area contributed by atoms with Gasteiger partial charge in [-0.3, -0.25) is 9.58 Å². The van der Waals surface area contributed by atoms with Gasteiger partial charge in [0.2, 0.25) is 0 Å². The molecular formula is C18H21ClN6. The number of nitriles is 1. The van der Waals surface area contributed by atoms with E-state index >= 15 is 0 Å². The second-order valence-corrected chi connectivity index (χ2v) is 7.28. The number of aromatic nitrogens is 3. The number of fused-ring (bicyclic) bond motifs is 4. The number of nitrogens with two attached hydrogens (primary N) is 1. The predicted octanol–water partition coefficient (Wildman–Crippen LogP) is 2.84. The van der Waals surface area contributed by atoms with E-state index in [2.05, 4.69) is 28.1 Å². The maximum absolute atomic E-state index is 9.80. The molecule has 130 valence electrons. The van der Waals surface area contributed by atoms with Crippen molar-refractivity contribution in [3.05, 3.63) is 27.7 Å². The zero-order valence-corrected chi connectivity index (χ0v) is 15.4. The molecule has 0 spiro atoms. The summed E-state index contributed by atoms with van der Waals surface area (Å²) in [6.45, 7) is 2.04. The third kappa shape index (κ3) is 2.19. The Morgan fingerprint density at radius 1 is 1.32 bits per heavy atom. The van der Waals surface area contributed by atoms with Crippen LogP contribution < -0.4 is 5.73 Å². The van der Waals surface area contributed by atoms with Crippen LogP contribution in [0.5, 0.6) is 0 Å². The maximum Gasteiger partial charge on any atom is 0.142 e. The van der Waals surface area contributed by atoms with E-state index in [0.29, 0.717) is 22.6 Å². The first-order valence-electron chi connectivity index (χ1n) is 8.63. The lowest BCUT2D eigenvalue weighted by Gasteiger charge is -2.34. The van der Waals surface area contributed by atoms with E-state index in [0.717, 1.165) is 53.8 Å². The Hall–Kier alpha value is -2.10. The first-order valence-corrected chi connectivity index (χ1v) is 9.01. The standard InChI is InChI=1S/C18H21ClN6/c1-4-11-16(17(19)25(3)23-11)14-10(8-20)18(21)22-12-7-9-5-6-13(15(12)14)24(9)2/h9,13H,4-7H2,1-3H3,(H2,21,22)/t9-,13+/m1/s1. The summed E-state index contributed by atoms with van der Waals surface area (Å²) < 4.78 is 1.67. The van der Waals surface area contributed by atoms with Gasteiger partial charge in [0, 0.05) is 47.9 Å². The Morgan fingerprint density at radius 3 is 2.76 bits per heavy atom. The third-order valence-electron chi connectivity index (χ3n) is 5.69. The fourth-order valence-corrected chi connectivity index (χ4v) is 4.68. The Bertz CT molecular complexity index is 910. The number of pyridine rings is 1. The lowest BCUT2D eigenvalue weighted by atomic mass is 9.87. The fraction of sp³-hybridized carbons (Fsp3) is 0.500. The number of aryl methyl sites for hydroxylation is 2. The summed E-state index contributed by atoms with van der Waals surface area (Å²) >= 11 is 6.60. The van der Waals surface area contributed by atoms with Crippen LogP contribution in [-0.2, 0) is 19.9 Å². The Kier molecular flexibility index (Phi) is 3.75. The monoisotopic (exact) mass is 356 g/mol. The molecule has 6 nitrogen and oxygen atoms in total. The number of hydrogen-bond acceptors (Lipinski definition) is 5. The van der Waals surface area contributed by atoms with Crippen LogP contribution in [0.2, 0.25) is 5.15 Å². The minimum Gasteiger partial charge on any atom is -0.383 e. The molecule has 1 saturated heterocycles. The van der Waals surface area contributed by atoms with Crippen molar-refractivity contribution in [3.8, 4) is 17.2 Å². The minimum atomic E-state index is 0.255. The van der Waals surface area contributed by atoms with Crippen LogP contribution >= 0.6 is 11.6 Å². The molecule has 2 aromatic heterocycles. The molecule has 2 bridgehead atoms. The third-order valence-corrected chi connectivity index (χ3v) is 6.12. The average molecular weight is 357 g/mol. The van der Waals surface area contributed by atoms with E-state index in [1.54, 1.807) is 4.68 Å². The van der Waals surface area contributed by atoms with Crippen molar-refractivity contribution < 1.29 is 0 Å². The summed E-state index contributed by atoms with van der Waals surface area (Å²) in [5.74, 6) is 0.294. The second kappa shape index (κ2) is 5.72. The van der Waals surface area contributed by atoms with E-state index < -0.39 is 0 Å². The van der Waals surface area contributed by atoms with Crippen molar-refractivity contribution in [3.63, 3.8) is 0 Å². The van der Waals surface area contributed by atoms with E-state index in [4.69, 9.17) is 17.3 Å². The molecule has 2 aliphatic rings. The van der Waals surface area contributed by atoms with Crippen molar-refractivity contribution in [1.29, 1.82) is 5.26 Å². The van der Waals surface area contributed by atoms with E-state index in [9.17, 15) is 5.26 Å². The van der Waals surface area contributed by atoms with Crippen LogP contribution in [0.15, 0.2) is 0 Å². The van der Waals surface area contributed by atoms with Gasteiger partial charge in [-0.2, -0.15) is 10.4 Å². The summed E-state index contributed by atoms with van der Waals surface area (Å²) in [4.78, 5) is 7.00. The highest BCUT2D eigenvalue weighted by Crippen LogP contribution is 2.49. The van der Waals surface area contributed by atoms with Gasteiger partial charge in [-0.25, -0.2) is 4.98 Å².